The summed E-state index contributed by atoms with van der Waals surface area (Å²) in [7, 11) is 2.69. The second-order valence-corrected chi connectivity index (χ2v) is 7.92. The van der Waals surface area contributed by atoms with Gasteiger partial charge in [0.05, 0.1) is 7.11 Å². The summed E-state index contributed by atoms with van der Waals surface area (Å²) >= 11 is 0. The summed E-state index contributed by atoms with van der Waals surface area (Å²) < 4.78 is 18.9. The van der Waals surface area contributed by atoms with E-state index < -0.39 is 17.9 Å². The Kier molecular flexibility index (Phi) is 8.36. The summed E-state index contributed by atoms with van der Waals surface area (Å²) in [6, 6.07) is 12.9. The van der Waals surface area contributed by atoms with Gasteiger partial charge < -0.3 is 14.9 Å². The van der Waals surface area contributed by atoms with E-state index in [0.717, 1.165) is 43.2 Å². The molecule has 0 radical (unpaired) electrons. The summed E-state index contributed by atoms with van der Waals surface area (Å²) in [5, 5.41) is 6.73. The molecule has 1 aliphatic rings. The fourth-order valence-corrected chi connectivity index (χ4v) is 4.09. The minimum atomic E-state index is -0.877. The van der Waals surface area contributed by atoms with E-state index in [0.29, 0.717) is 11.3 Å². The molecule has 2 aromatic carbocycles. The Morgan fingerprint density at radius 1 is 1.06 bits per heavy atom. The van der Waals surface area contributed by atoms with Gasteiger partial charge in [-0.15, -0.1) is 0 Å². The first-order chi connectivity index (χ1) is 15.5. The van der Waals surface area contributed by atoms with Crippen LogP contribution in [0, 0.1) is 11.7 Å². The Bertz CT molecular complexity index is 953. The van der Waals surface area contributed by atoms with Gasteiger partial charge in [-0.1, -0.05) is 66.9 Å². The van der Waals surface area contributed by atoms with Gasteiger partial charge in [0, 0.05) is 17.9 Å². The van der Waals surface area contributed by atoms with Crippen molar-refractivity contribution in [1.29, 1.82) is 0 Å². The second-order valence-electron chi connectivity index (χ2n) is 7.92. The number of methoxy groups -OCH3 is 1. The zero-order chi connectivity index (χ0) is 22.9. The van der Waals surface area contributed by atoms with Crippen LogP contribution in [0.1, 0.15) is 37.7 Å². The van der Waals surface area contributed by atoms with Crippen molar-refractivity contribution in [1.82, 2.24) is 5.32 Å². The number of carbonyl (C=O) groups excluding carboxylic acids is 2. The first-order valence-corrected chi connectivity index (χ1v) is 10.9. The molecule has 1 atom stereocenters. The fourth-order valence-electron chi connectivity index (χ4n) is 4.09. The monoisotopic (exact) mass is 440 g/mol. The summed E-state index contributed by atoms with van der Waals surface area (Å²) in [5.41, 5.74) is 2.36. The van der Waals surface area contributed by atoms with Gasteiger partial charge >= 0.3 is 5.97 Å². The van der Waals surface area contributed by atoms with Gasteiger partial charge in [0.15, 0.2) is 0 Å². The highest BCUT2D eigenvalue weighted by Crippen LogP contribution is 2.26. The minimum absolute atomic E-state index is 0.0158. The predicted molar refractivity (Wildman–Crippen MR) is 121 cm³/mol. The maximum absolute atomic E-state index is 14.0. The number of ether oxygens (including phenoxy) is 1. The second kappa shape index (κ2) is 11.4. The number of amides is 1. The van der Waals surface area contributed by atoms with Crippen LogP contribution < -0.4 is 5.32 Å². The molecule has 0 unspecified atom stereocenters. The van der Waals surface area contributed by atoms with Gasteiger partial charge in [0.25, 0.3) is 5.91 Å². The van der Waals surface area contributed by atoms with Crippen LogP contribution in [-0.4, -0.2) is 37.8 Å². The largest absolute Gasteiger partial charge is 0.467 e. The molecule has 0 spiro atoms. The van der Waals surface area contributed by atoms with Crippen LogP contribution in [0.5, 0.6) is 0 Å². The molecule has 0 saturated heterocycles. The van der Waals surface area contributed by atoms with E-state index in [1.165, 1.54) is 20.3 Å². The first kappa shape index (κ1) is 23.4. The number of hydrogen-bond acceptors (Lipinski definition) is 5. The summed E-state index contributed by atoms with van der Waals surface area (Å²) in [6.07, 6.45) is 5.20. The maximum Gasteiger partial charge on any atom is 0.328 e. The van der Waals surface area contributed by atoms with Crippen LogP contribution in [-0.2, 0) is 25.6 Å². The van der Waals surface area contributed by atoms with Crippen molar-refractivity contribution in [2.75, 3.05) is 14.2 Å². The van der Waals surface area contributed by atoms with Gasteiger partial charge in [-0.2, -0.15) is 0 Å². The molecule has 0 aromatic heterocycles. The van der Waals surface area contributed by atoms with E-state index >= 15 is 0 Å². The number of rotatable bonds is 8. The summed E-state index contributed by atoms with van der Waals surface area (Å²) in [6.45, 7) is 0. The Morgan fingerprint density at radius 3 is 2.38 bits per heavy atom. The molecular formula is C25H29FN2O4. The van der Waals surface area contributed by atoms with E-state index in [1.807, 2.05) is 12.1 Å². The molecule has 1 saturated carbocycles. The lowest BCUT2D eigenvalue weighted by Gasteiger charge is -2.24. The van der Waals surface area contributed by atoms with E-state index in [1.54, 1.807) is 30.3 Å². The zero-order valence-corrected chi connectivity index (χ0v) is 18.5. The molecule has 1 aliphatic carbocycles. The Hall–Kier alpha value is -3.22. The van der Waals surface area contributed by atoms with E-state index in [-0.39, 0.29) is 18.2 Å². The topological polar surface area (TPSA) is 77.0 Å². The van der Waals surface area contributed by atoms with Crippen LogP contribution >= 0.6 is 0 Å². The van der Waals surface area contributed by atoms with E-state index in [4.69, 9.17) is 9.57 Å². The molecule has 7 heteroatoms. The number of oxime groups is 1. The van der Waals surface area contributed by atoms with Crippen molar-refractivity contribution in [3.63, 3.8) is 0 Å². The number of halogens is 1. The Labute approximate surface area is 187 Å². The van der Waals surface area contributed by atoms with Crippen LogP contribution in [0.15, 0.2) is 53.7 Å². The van der Waals surface area contributed by atoms with Gasteiger partial charge in [-0.25, -0.2) is 9.18 Å². The van der Waals surface area contributed by atoms with Crippen molar-refractivity contribution in [3.8, 4) is 11.1 Å². The number of hydrogen-bond donors (Lipinski definition) is 1. The van der Waals surface area contributed by atoms with Crippen LogP contribution in [0.4, 0.5) is 4.39 Å². The minimum Gasteiger partial charge on any atom is -0.467 e. The molecule has 1 fully saturated rings. The lowest BCUT2D eigenvalue weighted by Crippen LogP contribution is -2.47. The molecule has 6 nitrogen and oxygen atoms in total. The quantitative estimate of drug-likeness (QED) is 0.378. The molecule has 32 heavy (non-hydrogen) atoms. The van der Waals surface area contributed by atoms with Crippen LogP contribution in [0.3, 0.4) is 0 Å². The van der Waals surface area contributed by atoms with E-state index in [2.05, 4.69) is 10.5 Å². The third-order valence-corrected chi connectivity index (χ3v) is 5.78. The molecule has 0 bridgehead atoms. The predicted octanol–water partition coefficient (Wildman–Crippen LogP) is 4.28. The third kappa shape index (κ3) is 5.93. The number of nitrogens with one attached hydrogen (secondary N) is 1. The number of carbonyl (C=O) groups is 2. The van der Waals surface area contributed by atoms with Crippen LogP contribution in [0.2, 0.25) is 0 Å². The maximum atomic E-state index is 14.0. The van der Waals surface area contributed by atoms with Gasteiger partial charge in [-0.3, -0.25) is 4.79 Å². The lowest BCUT2D eigenvalue weighted by molar-refractivity contribution is -0.144. The Balaban J connectivity index is 1.73. The highest BCUT2D eigenvalue weighted by atomic mass is 19.1. The fraction of sp³-hybridized carbons (Fsp3) is 0.400. The highest BCUT2D eigenvalue weighted by Gasteiger charge is 2.30. The van der Waals surface area contributed by atoms with Gasteiger partial charge in [-0.05, 0) is 30.0 Å². The van der Waals surface area contributed by atoms with Crippen molar-refractivity contribution in [2.45, 2.75) is 44.6 Å². The molecule has 1 N–H and O–H groups in total. The number of nitrogens with zero attached hydrogens (tertiary/aromatic N) is 1. The lowest BCUT2D eigenvalue weighted by atomic mass is 9.85. The summed E-state index contributed by atoms with van der Waals surface area (Å²) in [4.78, 5) is 30.3. The van der Waals surface area contributed by atoms with Gasteiger partial charge in [0.1, 0.15) is 24.7 Å². The average molecular weight is 441 g/mol. The van der Waals surface area contributed by atoms with Crippen molar-refractivity contribution >= 4 is 17.6 Å². The number of esters is 1. The van der Waals surface area contributed by atoms with E-state index in [9.17, 15) is 14.0 Å². The van der Waals surface area contributed by atoms with Crippen molar-refractivity contribution < 1.29 is 23.6 Å². The average Bonchev–Trinajstić information content (AvgIpc) is 2.83. The summed E-state index contributed by atoms with van der Waals surface area (Å²) in [5.74, 6) is -1.25. The molecule has 0 heterocycles. The SMILES string of the molecule is CON=C(C(=O)N[C@@H](Cc1ccc(-c2ccccc2F)cc1)C(=O)OC)C1CCCCC1. The highest BCUT2D eigenvalue weighted by molar-refractivity contribution is 6.39. The van der Waals surface area contributed by atoms with Crippen LogP contribution in [0.25, 0.3) is 11.1 Å². The molecule has 3 rings (SSSR count). The molecule has 0 aliphatic heterocycles. The molecular weight excluding hydrogens is 411 g/mol. The number of benzene rings is 2. The molecule has 170 valence electrons. The van der Waals surface area contributed by atoms with Crippen molar-refractivity contribution in [2.24, 2.45) is 11.1 Å². The third-order valence-electron chi connectivity index (χ3n) is 5.78. The first-order valence-electron chi connectivity index (χ1n) is 10.9. The van der Waals surface area contributed by atoms with Crippen molar-refractivity contribution in [3.05, 3.63) is 59.9 Å². The molecule has 1 amide bonds. The normalized spacial score (nSPS) is 15.7. The molecule has 2 aromatic rings. The Morgan fingerprint density at radius 2 is 1.75 bits per heavy atom. The zero-order valence-electron chi connectivity index (χ0n) is 18.5. The smallest absolute Gasteiger partial charge is 0.328 e. The standard InChI is InChI=1S/C25H29FN2O4/c1-31-25(30)22(27-24(29)23(28-32-2)19-8-4-3-5-9-19)16-17-12-14-18(15-13-17)20-10-6-7-11-21(20)26/h6-7,10-15,19,22H,3-5,8-9,16H2,1-2H3,(H,27,29)/t22-/m0/s1. The van der Waals surface area contributed by atoms with Gasteiger partial charge in [0.2, 0.25) is 0 Å².